The number of piperidine rings is 1. The van der Waals surface area contributed by atoms with Crippen LogP contribution < -0.4 is 5.32 Å². The minimum Gasteiger partial charge on any atom is -0.445 e. The maximum atomic E-state index is 12.6. The van der Waals surface area contributed by atoms with E-state index in [0.29, 0.717) is 36.1 Å². The van der Waals surface area contributed by atoms with Gasteiger partial charge in [0.25, 0.3) is 5.91 Å². The summed E-state index contributed by atoms with van der Waals surface area (Å²) in [4.78, 5) is 30.9. The molecule has 1 atom stereocenters. The number of hydrogen-bond donors (Lipinski definition) is 1. The van der Waals surface area contributed by atoms with E-state index in [4.69, 9.17) is 16.0 Å². The molecule has 0 radical (unpaired) electrons. The summed E-state index contributed by atoms with van der Waals surface area (Å²) in [6, 6.07) is 7.62. The van der Waals surface area contributed by atoms with Gasteiger partial charge < -0.3 is 14.6 Å². The van der Waals surface area contributed by atoms with E-state index >= 15 is 0 Å². The smallest absolute Gasteiger partial charge is 0.275 e. The molecule has 1 aliphatic rings. The lowest BCUT2D eigenvalue weighted by Crippen LogP contribution is -2.44. The molecule has 9 nitrogen and oxygen atoms in total. The summed E-state index contributed by atoms with van der Waals surface area (Å²) < 4.78 is 10.5. The van der Waals surface area contributed by atoms with Gasteiger partial charge >= 0.3 is 0 Å². The fraction of sp³-hybridized carbons (Fsp3) is 0.381. The van der Waals surface area contributed by atoms with Crippen LogP contribution in [0.1, 0.15) is 52.2 Å². The number of amides is 2. The SMILES string of the molecule is Cc1nonc1C(=O)NCC(=O)N1CCC[C@@H](c2ncc(Cc3cccc(Cl)c3)o2)C1. The molecule has 2 aromatic heterocycles. The maximum Gasteiger partial charge on any atom is 0.275 e. The standard InChI is InChI=1S/C21H22ClN5O4/c1-13-19(26-31-25-13)20(29)23-11-18(28)27-7-3-5-15(12-27)21-24-10-17(30-21)9-14-4-2-6-16(22)8-14/h2,4,6,8,10,15H,3,5,7,9,11-12H2,1H3,(H,23,29)/t15-/m1/s1. The molecule has 0 bridgehead atoms. The highest BCUT2D eigenvalue weighted by atomic mass is 35.5. The molecule has 3 heterocycles. The number of rotatable bonds is 6. The Bertz CT molecular complexity index is 1080. The van der Waals surface area contributed by atoms with Crippen LogP contribution in [-0.4, -0.2) is 51.6 Å². The molecule has 1 fully saturated rings. The number of hydrogen-bond acceptors (Lipinski definition) is 7. The number of benzene rings is 1. The highest BCUT2D eigenvalue weighted by molar-refractivity contribution is 6.30. The lowest BCUT2D eigenvalue weighted by atomic mass is 9.98. The number of oxazole rings is 1. The maximum absolute atomic E-state index is 12.6. The van der Waals surface area contributed by atoms with Crippen molar-refractivity contribution in [2.24, 2.45) is 0 Å². The van der Waals surface area contributed by atoms with Crippen LogP contribution in [0.5, 0.6) is 0 Å². The molecule has 162 valence electrons. The predicted octanol–water partition coefficient (Wildman–Crippen LogP) is 2.75. The van der Waals surface area contributed by atoms with Gasteiger partial charge in [-0.25, -0.2) is 9.61 Å². The largest absolute Gasteiger partial charge is 0.445 e. The van der Waals surface area contributed by atoms with Crippen molar-refractivity contribution in [2.75, 3.05) is 19.6 Å². The van der Waals surface area contributed by atoms with Crippen molar-refractivity contribution in [3.63, 3.8) is 0 Å². The second kappa shape index (κ2) is 9.30. The quantitative estimate of drug-likeness (QED) is 0.622. The Balaban J connectivity index is 1.33. The third-order valence-electron chi connectivity index (χ3n) is 5.23. The van der Waals surface area contributed by atoms with Crippen molar-refractivity contribution >= 4 is 23.4 Å². The van der Waals surface area contributed by atoms with Crippen LogP contribution in [0.3, 0.4) is 0 Å². The summed E-state index contributed by atoms with van der Waals surface area (Å²) in [5, 5.41) is 10.4. The first-order valence-corrected chi connectivity index (χ1v) is 10.4. The van der Waals surface area contributed by atoms with E-state index in [9.17, 15) is 9.59 Å². The molecule has 4 rings (SSSR count). The van der Waals surface area contributed by atoms with Gasteiger partial charge in [0.1, 0.15) is 11.5 Å². The third kappa shape index (κ3) is 5.11. The highest BCUT2D eigenvalue weighted by Crippen LogP contribution is 2.27. The topological polar surface area (TPSA) is 114 Å². The molecule has 3 aromatic rings. The summed E-state index contributed by atoms with van der Waals surface area (Å²) >= 11 is 6.04. The number of aromatic nitrogens is 3. The number of carbonyl (C=O) groups is 2. The Hall–Kier alpha value is -3.20. The minimum atomic E-state index is -0.487. The van der Waals surface area contributed by atoms with Gasteiger partial charge in [-0.2, -0.15) is 0 Å². The number of aryl methyl sites for hydroxylation is 1. The van der Waals surface area contributed by atoms with Crippen LogP contribution in [0.15, 0.2) is 39.5 Å². The summed E-state index contributed by atoms with van der Waals surface area (Å²) in [5.74, 6) is 0.743. The molecule has 0 unspecified atom stereocenters. The third-order valence-corrected chi connectivity index (χ3v) is 5.47. The zero-order chi connectivity index (χ0) is 21.8. The van der Waals surface area contributed by atoms with Crippen LogP contribution in [0.2, 0.25) is 5.02 Å². The Morgan fingerprint density at radius 3 is 2.97 bits per heavy atom. The Morgan fingerprint density at radius 2 is 2.19 bits per heavy atom. The summed E-state index contributed by atoms with van der Waals surface area (Å²) in [7, 11) is 0. The molecule has 1 saturated heterocycles. The van der Waals surface area contributed by atoms with Gasteiger partial charge in [-0.05, 0) is 42.6 Å². The van der Waals surface area contributed by atoms with Gasteiger partial charge in [0.05, 0.1) is 18.7 Å². The zero-order valence-electron chi connectivity index (χ0n) is 17.0. The second-order valence-corrected chi connectivity index (χ2v) is 7.97. The van der Waals surface area contributed by atoms with E-state index < -0.39 is 5.91 Å². The van der Waals surface area contributed by atoms with E-state index in [2.05, 4.69) is 25.2 Å². The molecule has 2 amide bonds. The van der Waals surface area contributed by atoms with E-state index in [-0.39, 0.29) is 24.1 Å². The molecular weight excluding hydrogens is 422 g/mol. The molecular formula is C21H22ClN5O4. The van der Waals surface area contributed by atoms with E-state index in [1.54, 1.807) is 18.0 Å². The van der Waals surface area contributed by atoms with Crippen LogP contribution >= 0.6 is 11.6 Å². The van der Waals surface area contributed by atoms with Crippen molar-refractivity contribution in [3.8, 4) is 0 Å². The van der Waals surface area contributed by atoms with Crippen molar-refractivity contribution in [2.45, 2.75) is 32.1 Å². The first-order valence-electron chi connectivity index (χ1n) is 10.0. The summed E-state index contributed by atoms with van der Waals surface area (Å²) in [6.45, 7) is 2.62. The molecule has 1 aromatic carbocycles. The number of nitrogens with zero attached hydrogens (tertiary/aromatic N) is 4. The lowest BCUT2D eigenvalue weighted by molar-refractivity contribution is -0.131. The Morgan fingerprint density at radius 1 is 1.32 bits per heavy atom. The molecule has 1 N–H and O–H groups in total. The van der Waals surface area contributed by atoms with Gasteiger partial charge in [-0.15, -0.1) is 0 Å². The van der Waals surface area contributed by atoms with Crippen molar-refractivity contribution in [1.29, 1.82) is 0 Å². The van der Waals surface area contributed by atoms with Gasteiger partial charge in [-0.3, -0.25) is 9.59 Å². The molecule has 0 saturated carbocycles. The minimum absolute atomic E-state index is 0.0171. The molecule has 1 aliphatic heterocycles. The number of halogens is 1. The van der Waals surface area contributed by atoms with Crippen molar-refractivity contribution in [1.82, 2.24) is 25.5 Å². The second-order valence-electron chi connectivity index (χ2n) is 7.53. The van der Waals surface area contributed by atoms with Crippen LogP contribution in [-0.2, 0) is 11.2 Å². The van der Waals surface area contributed by atoms with Crippen molar-refractivity contribution < 1.29 is 18.6 Å². The number of likely N-dealkylation sites (tertiary alicyclic amines) is 1. The number of nitrogens with one attached hydrogen (secondary N) is 1. The molecule has 31 heavy (non-hydrogen) atoms. The van der Waals surface area contributed by atoms with Crippen LogP contribution in [0.25, 0.3) is 0 Å². The normalized spacial score (nSPS) is 16.3. The van der Waals surface area contributed by atoms with Gasteiger partial charge in [0.2, 0.25) is 5.91 Å². The van der Waals surface area contributed by atoms with Crippen molar-refractivity contribution in [3.05, 3.63) is 64.1 Å². The summed E-state index contributed by atoms with van der Waals surface area (Å²) in [5.41, 5.74) is 1.50. The monoisotopic (exact) mass is 443 g/mol. The Kier molecular flexibility index (Phi) is 6.31. The average Bonchev–Trinajstić information content (AvgIpc) is 3.41. The molecule has 10 heteroatoms. The lowest BCUT2D eigenvalue weighted by Gasteiger charge is -2.31. The predicted molar refractivity (Wildman–Crippen MR) is 111 cm³/mol. The average molecular weight is 444 g/mol. The van der Waals surface area contributed by atoms with Crippen LogP contribution in [0.4, 0.5) is 0 Å². The first kappa shape index (κ1) is 21.0. The van der Waals surface area contributed by atoms with Gasteiger partial charge in [0.15, 0.2) is 11.6 Å². The Labute approximate surface area is 183 Å². The van der Waals surface area contributed by atoms with E-state index in [1.807, 2.05) is 24.3 Å². The fourth-order valence-corrected chi connectivity index (χ4v) is 3.85. The summed E-state index contributed by atoms with van der Waals surface area (Å²) in [6.07, 6.45) is 4.05. The molecule has 0 aliphatic carbocycles. The number of carbonyl (C=O) groups excluding carboxylic acids is 2. The van der Waals surface area contributed by atoms with Crippen LogP contribution in [0, 0.1) is 6.92 Å². The van der Waals surface area contributed by atoms with Gasteiger partial charge in [-0.1, -0.05) is 28.9 Å². The highest BCUT2D eigenvalue weighted by Gasteiger charge is 2.28. The fourth-order valence-electron chi connectivity index (χ4n) is 3.64. The van der Waals surface area contributed by atoms with E-state index in [0.717, 1.165) is 24.2 Å². The van der Waals surface area contributed by atoms with E-state index in [1.165, 1.54) is 0 Å². The zero-order valence-corrected chi connectivity index (χ0v) is 17.8. The molecule has 0 spiro atoms. The van der Waals surface area contributed by atoms with Gasteiger partial charge in [0, 0.05) is 24.5 Å². The first-order chi connectivity index (χ1) is 15.0.